The van der Waals surface area contributed by atoms with Crippen LogP contribution < -0.4 is 10.6 Å². The molecule has 1 aromatic carbocycles. The molecule has 136 valence electrons. The van der Waals surface area contributed by atoms with Crippen molar-refractivity contribution in [3.63, 3.8) is 0 Å². The van der Waals surface area contributed by atoms with Gasteiger partial charge in [0.05, 0.1) is 16.8 Å². The number of nitrogens with zero attached hydrogens (tertiary/aromatic N) is 3. The fraction of sp³-hybridized carbons (Fsp3) is 0.529. The topological polar surface area (TPSA) is 52.6 Å². The molecule has 5 nitrogen and oxygen atoms in total. The fourth-order valence-electron chi connectivity index (χ4n) is 3.25. The molecule has 0 bridgehead atoms. The van der Waals surface area contributed by atoms with E-state index in [4.69, 9.17) is 11.6 Å². The molecule has 2 heterocycles. The molecule has 8 heteroatoms. The smallest absolute Gasteiger partial charge is 0.191 e. The van der Waals surface area contributed by atoms with Gasteiger partial charge in [-0.2, -0.15) is 0 Å². The predicted molar refractivity (Wildman–Crippen MR) is 116 cm³/mol. The third-order valence-electron chi connectivity index (χ3n) is 4.65. The molecule has 1 saturated carbocycles. The van der Waals surface area contributed by atoms with E-state index >= 15 is 0 Å². The van der Waals surface area contributed by atoms with Crippen molar-refractivity contribution in [2.24, 2.45) is 4.99 Å². The second-order valence-electron chi connectivity index (χ2n) is 6.50. The Labute approximate surface area is 174 Å². The molecule has 1 aliphatic heterocycles. The van der Waals surface area contributed by atoms with Crippen molar-refractivity contribution in [2.45, 2.75) is 37.9 Å². The molecule has 2 N–H and O–H groups in total. The lowest BCUT2D eigenvalue weighted by molar-refractivity contribution is 0.321. The average molecular weight is 492 g/mol. The first-order chi connectivity index (χ1) is 11.7. The number of rotatable bonds is 4. The highest BCUT2D eigenvalue weighted by Gasteiger charge is 2.34. The van der Waals surface area contributed by atoms with Gasteiger partial charge in [0.1, 0.15) is 5.01 Å². The number of aromatic nitrogens is 1. The maximum Gasteiger partial charge on any atom is 0.191 e. The van der Waals surface area contributed by atoms with Crippen LogP contribution in [0.1, 0.15) is 24.3 Å². The minimum atomic E-state index is 0. The summed E-state index contributed by atoms with van der Waals surface area (Å²) >= 11 is 7.72. The third-order valence-corrected chi connectivity index (χ3v) is 5.92. The van der Waals surface area contributed by atoms with Crippen LogP contribution in [0.15, 0.2) is 23.2 Å². The summed E-state index contributed by atoms with van der Waals surface area (Å²) < 4.78 is 1.16. The van der Waals surface area contributed by atoms with Gasteiger partial charge in [-0.1, -0.05) is 11.6 Å². The molecule has 25 heavy (non-hydrogen) atoms. The molecule has 4 rings (SSSR count). The number of hydrogen-bond donors (Lipinski definition) is 2. The molecule has 0 amide bonds. The van der Waals surface area contributed by atoms with Gasteiger partial charge in [-0.25, -0.2) is 4.98 Å². The van der Waals surface area contributed by atoms with E-state index < -0.39 is 0 Å². The molecule has 1 unspecified atom stereocenters. The van der Waals surface area contributed by atoms with E-state index in [0.717, 1.165) is 38.8 Å². The van der Waals surface area contributed by atoms with Crippen LogP contribution in [0.3, 0.4) is 0 Å². The third kappa shape index (κ3) is 4.75. The Balaban J connectivity index is 0.00000182. The number of hydrogen-bond acceptors (Lipinski definition) is 4. The minimum Gasteiger partial charge on any atom is -0.352 e. The highest BCUT2D eigenvalue weighted by Crippen LogP contribution is 2.29. The fourth-order valence-corrected chi connectivity index (χ4v) is 4.30. The van der Waals surface area contributed by atoms with E-state index in [-0.39, 0.29) is 24.0 Å². The summed E-state index contributed by atoms with van der Waals surface area (Å²) in [5, 5.41) is 8.70. The summed E-state index contributed by atoms with van der Waals surface area (Å²) in [5.41, 5.74) is 0.961. The van der Waals surface area contributed by atoms with Gasteiger partial charge in [-0.05, 0) is 37.5 Å². The van der Waals surface area contributed by atoms with Crippen molar-refractivity contribution in [3.8, 4) is 0 Å². The molecule has 2 fully saturated rings. The number of nitrogens with one attached hydrogen (secondary N) is 2. The second-order valence-corrected chi connectivity index (χ2v) is 8.05. The van der Waals surface area contributed by atoms with Crippen LogP contribution in [0, 0.1) is 0 Å². The summed E-state index contributed by atoms with van der Waals surface area (Å²) in [6.45, 7) is 3.01. The quantitative estimate of drug-likeness (QED) is 0.391. The lowest BCUT2D eigenvalue weighted by Crippen LogP contribution is -2.44. The lowest BCUT2D eigenvalue weighted by Gasteiger charge is -2.18. The largest absolute Gasteiger partial charge is 0.352 e. The van der Waals surface area contributed by atoms with Crippen LogP contribution in [-0.2, 0) is 6.54 Å². The van der Waals surface area contributed by atoms with Gasteiger partial charge in [-0.3, -0.25) is 9.89 Å². The van der Waals surface area contributed by atoms with E-state index in [0.29, 0.717) is 12.6 Å². The van der Waals surface area contributed by atoms with Gasteiger partial charge in [0.2, 0.25) is 0 Å². The Morgan fingerprint density at radius 2 is 2.24 bits per heavy atom. The van der Waals surface area contributed by atoms with E-state index in [1.54, 1.807) is 11.3 Å². The normalized spacial score (nSPS) is 21.4. The first-order valence-electron chi connectivity index (χ1n) is 8.47. The molecular formula is C17H23ClIN5S. The number of likely N-dealkylation sites (tertiary alicyclic amines) is 1. The van der Waals surface area contributed by atoms with E-state index in [1.807, 2.05) is 25.2 Å². The Kier molecular flexibility index (Phi) is 6.40. The number of fused-ring (bicyclic) bond motifs is 1. The molecular weight excluding hydrogens is 469 g/mol. The van der Waals surface area contributed by atoms with Gasteiger partial charge in [0, 0.05) is 37.2 Å². The molecule has 0 spiro atoms. The monoisotopic (exact) mass is 491 g/mol. The standard InChI is InChI=1S/C17H22ClN5S.HI/c1-19-17(21-12-6-7-23(10-12)13-3-4-13)20-9-16-22-14-8-11(18)2-5-15(14)24-16;/h2,5,8,12-13H,3-4,6-7,9-10H2,1H3,(H2,19,20,21);1H. The molecule has 1 saturated heterocycles. The molecule has 2 aliphatic rings. The predicted octanol–water partition coefficient (Wildman–Crippen LogP) is 3.47. The van der Waals surface area contributed by atoms with Gasteiger partial charge in [0.25, 0.3) is 0 Å². The van der Waals surface area contributed by atoms with Gasteiger partial charge >= 0.3 is 0 Å². The summed E-state index contributed by atoms with van der Waals surface area (Å²) in [6, 6.07) is 7.18. The zero-order valence-corrected chi connectivity index (χ0v) is 18.1. The minimum absolute atomic E-state index is 0. The zero-order valence-electron chi connectivity index (χ0n) is 14.2. The highest BCUT2D eigenvalue weighted by molar-refractivity contribution is 14.0. The van der Waals surface area contributed by atoms with Crippen LogP contribution >= 0.6 is 46.9 Å². The summed E-state index contributed by atoms with van der Waals surface area (Å²) in [6.07, 6.45) is 3.94. The van der Waals surface area contributed by atoms with Crippen molar-refractivity contribution >= 4 is 63.1 Å². The van der Waals surface area contributed by atoms with E-state index in [1.165, 1.54) is 25.8 Å². The maximum absolute atomic E-state index is 6.03. The van der Waals surface area contributed by atoms with Crippen LogP contribution in [-0.4, -0.2) is 48.1 Å². The Bertz CT molecular complexity index is 761. The SMILES string of the molecule is CN=C(NCc1nc2cc(Cl)ccc2s1)NC1CCN(C2CC2)C1.I. The molecule has 1 atom stereocenters. The van der Waals surface area contributed by atoms with Crippen molar-refractivity contribution in [1.82, 2.24) is 20.5 Å². The van der Waals surface area contributed by atoms with Gasteiger partial charge < -0.3 is 10.6 Å². The molecule has 1 aliphatic carbocycles. The molecule has 2 aromatic rings. The molecule has 1 aromatic heterocycles. The summed E-state index contributed by atoms with van der Waals surface area (Å²) in [7, 11) is 1.82. The maximum atomic E-state index is 6.03. The second kappa shape index (κ2) is 8.37. The lowest BCUT2D eigenvalue weighted by atomic mass is 10.3. The van der Waals surface area contributed by atoms with Crippen LogP contribution in [0.5, 0.6) is 0 Å². The van der Waals surface area contributed by atoms with Gasteiger partial charge in [0.15, 0.2) is 5.96 Å². The van der Waals surface area contributed by atoms with Crippen molar-refractivity contribution in [1.29, 1.82) is 0 Å². The summed E-state index contributed by atoms with van der Waals surface area (Å²) in [4.78, 5) is 11.6. The van der Waals surface area contributed by atoms with Gasteiger partial charge in [-0.15, -0.1) is 35.3 Å². The van der Waals surface area contributed by atoms with Crippen LogP contribution in [0.4, 0.5) is 0 Å². The summed E-state index contributed by atoms with van der Waals surface area (Å²) in [5.74, 6) is 0.856. The molecule has 0 radical (unpaired) electrons. The number of benzene rings is 1. The first-order valence-corrected chi connectivity index (χ1v) is 9.67. The number of guanidine groups is 1. The number of halogens is 2. The first kappa shape index (κ1) is 19.1. The Hall–Kier alpha value is -0.640. The number of thiazole rings is 1. The van der Waals surface area contributed by atoms with E-state index in [9.17, 15) is 0 Å². The zero-order chi connectivity index (χ0) is 16.5. The number of aliphatic imine (C=N–C) groups is 1. The van der Waals surface area contributed by atoms with Crippen molar-refractivity contribution in [3.05, 3.63) is 28.2 Å². The Morgan fingerprint density at radius 3 is 3.00 bits per heavy atom. The van der Waals surface area contributed by atoms with Crippen LogP contribution in [0.25, 0.3) is 10.2 Å². The highest BCUT2D eigenvalue weighted by atomic mass is 127. The van der Waals surface area contributed by atoms with Crippen molar-refractivity contribution in [2.75, 3.05) is 20.1 Å². The average Bonchev–Trinajstić information content (AvgIpc) is 3.19. The van der Waals surface area contributed by atoms with Crippen molar-refractivity contribution < 1.29 is 0 Å². The Morgan fingerprint density at radius 1 is 1.40 bits per heavy atom. The van der Waals surface area contributed by atoms with E-state index in [2.05, 4.69) is 25.5 Å². The van der Waals surface area contributed by atoms with Crippen LogP contribution in [0.2, 0.25) is 5.02 Å².